The van der Waals surface area contributed by atoms with E-state index in [1.54, 1.807) is 0 Å². The fraction of sp³-hybridized carbons (Fsp3) is 0.562. The van der Waals surface area contributed by atoms with Crippen molar-refractivity contribution in [3.05, 3.63) is 32.4 Å². The van der Waals surface area contributed by atoms with Gasteiger partial charge in [-0.05, 0) is 53.6 Å². The summed E-state index contributed by atoms with van der Waals surface area (Å²) < 4.78 is 6.56. The third-order valence-corrected chi connectivity index (χ3v) is 5.58. The molecule has 1 saturated heterocycles. The Morgan fingerprint density at radius 1 is 1.33 bits per heavy atom. The first-order valence-corrected chi connectivity index (χ1v) is 8.54. The first-order chi connectivity index (χ1) is 10.1. The molecule has 0 N–H and O–H groups in total. The SMILES string of the molecule is Cc1cc2c(cc1I)C(=O)N(C[C@@H](C)N1CCOCC1)C2. The third kappa shape index (κ3) is 3.10. The molecule has 0 bridgehead atoms. The topological polar surface area (TPSA) is 32.8 Å². The molecule has 0 saturated carbocycles. The van der Waals surface area contributed by atoms with Crippen LogP contribution in [-0.4, -0.2) is 54.6 Å². The minimum atomic E-state index is 0.183. The van der Waals surface area contributed by atoms with Gasteiger partial charge in [0.15, 0.2) is 0 Å². The van der Waals surface area contributed by atoms with Crippen molar-refractivity contribution in [1.82, 2.24) is 9.80 Å². The Hall–Kier alpha value is -0.660. The van der Waals surface area contributed by atoms with Gasteiger partial charge in [0.1, 0.15) is 0 Å². The van der Waals surface area contributed by atoms with Crippen LogP contribution in [0.2, 0.25) is 0 Å². The molecule has 1 fully saturated rings. The van der Waals surface area contributed by atoms with Crippen LogP contribution in [0.4, 0.5) is 0 Å². The number of hydrogen-bond donors (Lipinski definition) is 0. The van der Waals surface area contributed by atoms with Crippen molar-refractivity contribution in [1.29, 1.82) is 0 Å². The number of aryl methyl sites for hydroxylation is 1. The molecule has 1 atom stereocenters. The van der Waals surface area contributed by atoms with Gasteiger partial charge in [0.25, 0.3) is 5.91 Å². The fourth-order valence-corrected chi connectivity index (χ4v) is 3.59. The van der Waals surface area contributed by atoms with Crippen molar-refractivity contribution in [2.45, 2.75) is 26.4 Å². The van der Waals surface area contributed by atoms with Crippen LogP contribution in [0.1, 0.15) is 28.4 Å². The Morgan fingerprint density at radius 3 is 2.76 bits per heavy atom. The smallest absolute Gasteiger partial charge is 0.254 e. The molecule has 114 valence electrons. The highest BCUT2D eigenvalue weighted by atomic mass is 127. The number of fused-ring (bicyclic) bond motifs is 1. The van der Waals surface area contributed by atoms with E-state index in [1.165, 1.54) is 14.7 Å². The minimum absolute atomic E-state index is 0.183. The van der Waals surface area contributed by atoms with Crippen molar-refractivity contribution < 1.29 is 9.53 Å². The number of nitrogens with zero attached hydrogens (tertiary/aromatic N) is 2. The van der Waals surface area contributed by atoms with E-state index in [0.717, 1.165) is 45.0 Å². The third-order valence-electron chi connectivity index (χ3n) is 4.42. The normalized spacial score (nSPS) is 20.7. The molecular formula is C16H21IN2O2. The van der Waals surface area contributed by atoms with E-state index in [4.69, 9.17) is 4.74 Å². The van der Waals surface area contributed by atoms with Crippen LogP contribution in [-0.2, 0) is 11.3 Å². The molecule has 0 unspecified atom stereocenters. The van der Waals surface area contributed by atoms with Crippen molar-refractivity contribution in [3.8, 4) is 0 Å². The van der Waals surface area contributed by atoms with Gasteiger partial charge in [-0.3, -0.25) is 9.69 Å². The zero-order valence-corrected chi connectivity index (χ0v) is 14.7. The number of hydrogen-bond acceptors (Lipinski definition) is 3. The summed E-state index contributed by atoms with van der Waals surface area (Å²) in [5, 5.41) is 0. The van der Waals surface area contributed by atoms with Gasteiger partial charge in [-0.25, -0.2) is 0 Å². The quantitative estimate of drug-likeness (QED) is 0.730. The van der Waals surface area contributed by atoms with E-state index in [1.807, 2.05) is 11.0 Å². The van der Waals surface area contributed by atoms with E-state index in [9.17, 15) is 4.79 Å². The molecule has 0 aliphatic carbocycles. The van der Waals surface area contributed by atoms with Crippen LogP contribution in [0, 0.1) is 10.5 Å². The summed E-state index contributed by atoms with van der Waals surface area (Å²) in [5.74, 6) is 0.183. The Balaban J connectivity index is 1.69. The molecule has 1 aromatic rings. The lowest BCUT2D eigenvalue weighted by Crippen LogP contribution is -2.47. The highest BCUT2D eigenvalue weighted by Crippen LogP contribution is 2.27. The molecule has 2 aliphatic rings. The van der Waals surface area contributed by atoms with Crippen molar-refractivity contribution >= 4 is 28.5 Å². The van der Waals surface area contributed by atoms with Crippen LogP contribution in [0.3, 0.4) is 0 Å². The molecule has 0 radical (unpaired) electrons. The summed E-state index contributed by atoms with van der Waals surface area (Å²) in [6.45, 7) is 9.39. The van der Waals surface area contributed by atoms with Crippen molar-refractivity contribution in [2.24, 2.45) is 0 Å². The van der Waals surface area contributed by atoms with Gasteiger partial charge in [-0.2, -0.15) is 0 Å². The highest BCUT2D eigenvalue weighted by Gasteiger charge is 2.30. The van der Waals surface area contributed by atoms with Crippen LogP contribution < -0.4 is 0 Å². The maximum Gasteiger partial charge on any atom is 0.254 e. The molecule has 1 amide bonds. The zero-order valence-electron chi connectivity index (χ0n) is 12.6. The second-order valence-electron chi connectivity index (χ2n) is 5.94. The van der Waals surface area contributed by atoms with Crippen LogP contribution in [0.5, 0.6) is 0 Å². The van der Waals surface area contributed by atoms with E-state index < -0.39 is 0 Å². The van der Waals surface area contributed by atoms with Gasteiger partial charge < -0.3 is 9.64 Å². The Bertz CT molecular complexity index is 555. The van der Waals surface area contributed by atoms with Gasteiger partial charge in [0.2, 0.25) is 0 Å². The Morgan fingerprint density at radius 2 is 2.05 bits per heavy atom. The summed E-state index contributed by atoms with van der Waals surface area (Å²) in [5.41, 5.74) is 3.32. The predicted molar refractivity (Wildman–Crippen MR) is 90.5 cm³/mol. The summed E-state index contributed by atoms with van der Waals surface area (Å²) in [6, 6.07) is 4.58. The molecule has 4 nitrogen and oxygen atoms in total. The number of carbonyl (C=O) groups is 1. The summed E-state index contributed by atoms with van der Waals surface area (Å²) >= 11 is 2.30. The second-order valence-corrected chi connectivity index (χ2v) is 7.10. The van der Waals surface area contributed by atoms with E-state index in [0.29, 0.717) is 6.04 Å². The second kappa shape index (κ2) is 6.22. The Labute approximate surface area is 139 Å². The predicted octanol–water partition coefficient (Wildman–Crippen LogP) is 2.28. The van der Waals surface area contributed by atoms with E-state index in [-0.39, 0.29) is 5.91 Å². The van der Waals surface area contributed by atoms with E-state index >= 15 is 0 Å². The standard InChI is InChI=1S/C16H21IN2O2/c1-11-7-13-10-19(16(20)14(13)8-15(11)17)9-12(2)18-3-5-21-6-4-18/h7-8,12H,3-6,9-10H2,1-2H3/t12-/m1/s1. The van der Waals surface area contributed by atoms with Gasteiger partial charge >= 0.3 is 0 Å². The summed E-state index contributed by atoms with van der Waals surface area (Å²) in [7, 11) is 0. The molecule has 2 aliphatic heterocycles. The zero-order chi connectivity index (χ0) is 15.0. The molecule has 21 heavy (non-hydrogen) atoms. The highest BCUT2D eigenvalue weighted by molar-refractivity contribution is 14.1. The minimum Gasteiger partial charge on any atom is -0.379 e. The lowest BCUT2D eigenvalue weighted by atomic mass is 10.1. The van der Waals surface area contributed by atoms with Crippen LogP contribution >= 0.6 is 22.6 Å². The number of ether oxygens (including phenoxy) is 1. The number of morpholine rings is 1. The fourth-order valence-electron chi connectivity index (χ4n) is 3.12. The maximum atomic E-state index is 12.6. The number of benzene rings is 1. The van der Waals surface area contributed by atoms with Gasteiger partial charge in [0.05, 0.1) is 13.2 Å². The molecular weight excluding hydrogens is 379 g/mol. The molecule has 2 heterocycles. The van der Waals surface area contributed by atoms with Gasteiger partial charge in [0, 0.05) is 41.4 Å². The lowest BCUT2D eigenvalue weighted by molar-refractivity contribution is 0.0128. The maximum absolute atomic E-state index is 12.6. The van der Waals surface area contributed by atoms with Gasteiger partial charge in [-0.15, -0.1) is 0 Å². The number of carbonyl (C=O) groups excluding carboxylic acids is 1. The molecule has 0 spiro atoms. The Kier molecular flexibility index (Phi) is 4.51. The number of rotatable bonds is 3. The molecule has 5 heteroatoms. The van der Waals surface area contributed by atoms with E-state index in [2.05, 4.69) is 47.4 Å². The lowest BCUT2D eigenvalue weighted by Gasteiger charge is -2.34. The monoisotopic (exact) mass is 400 g/mol. The average Bonchev–Trinajstić information content (AvgIpc) is 2.77. The largest absolute Gasteiger partial charge is 0.379 e. The molecule has 3 rings (SSSR count). The van der Waals surface area contributed by atoms with Crippen molar-refractivity contribution in [2.75, 3.05) is 32.8 Å². The summed E-state index contributed by atoms with van der Waals surface area (Å²) in [6.07, 6.45) is 0. The molecule has 0 aromatic heterocycles. The van der Waals surface area contributed by atoms with Crippen LogP contribution in [0.25, 0.3) is 0 Å². The first-order valence-electron chi connectivity index (χ1n) is 7.46. The number of amides is 1. The average molecular weight is 400 g/mol. The first kappa shape index (κ1) is 15.2. The van der Waals surface area contributed by atoms with Crippen molar-refractivity contribution in [3.63, 3.8) is 0 Å². The van der Waals surface area contributed by atoms with Gasteiger partial charge in [-0.1, -0.05) is 6.07 Å². The summed E-state index contributed by atoms with van der Waals surface area (Å²) in [4.78, 5) is 17.0. The molecule has 1 aromatic carbocycles. The van der Waals surface area contributed by atoms with Crippen LogP contribution in [0.15, 0.2) is 12.1 Å². The number of halogens is 1.